The lowest BCUT2D eigenvalue weighted by Crippen LogP contribution is -2.43. The normalized spacial score (nSPS) is 17.8. The van der Waals surface area contributed by atoms with Crippen molar-refractivity contribution in [3.05, 3.63) is 113 Å². The molecule has 7 rings (SSSR count). The van der Waals surface area contributed by atoms with E-state index in [1.165, 1.54) is 22.3 Å². The number of aromatic nitrogens is 4. The Morgan fingerprint density at radius 3 is 1.51 bits per heavy atom. The van der Waals surface area contributed by atoms with Crippen molar-refractivity contribution in [3.63, 3.8) is 0 Å². The zero-order valence-electron chi connectivity index (χ0n) is 43.3. The number of esters is 1. The second-order valence-electron chi connectivity index (χ2n) is 19.9. The van der Waals surface area contributed by atoms with Crippen LogP contribution in [-0.2, 0) is 39.1 Å². The summed E-state index contributed by atoms with van der Waals surface area (Å²) in [7, 11) is 1.11. The van der Waals surface area contributed by atoms with Gasteiger partial charge in [-0.25, -0.2) is 33.3 Å². The number of hydrogen-bond acceptors (Lipinski definition) is 10. The zero-order valence-corrected chi connectivity index (χ0v) is 44.0. The highest BCUT2D eigenvalue weighted by atomic mass is 35.5. The lowest BCUT2D eigenvalue weighted by molar-refractivity contribution is -0.139. The Hall–Kier alpha value is -6.84. The standard InChI is InChI=1S/C28H30F4N4O4.C26H29ClF4N2O4/c1-16(2)36(26(37)19-6-4-17(3)5-7-19)23-12-22(29)24(11-20(23)27(38)39)40-25-21(28(30,31)32)10-18(13-34-25)14-35-9-8-33-15-35;1-14(2)33(24(34)17-7-5-15(3)6-8-17)21-11-20(28)22(10-18(21)25(35)36-4)37-23-19(26(29,30)31)9-16(12-27)13-32-23/h8-13,15-17,19H,4-7,14H2,1-3H3,(H,38,39);9-11,13-15,17H,5-8,12H2,1-4H3. The van der Waals surface area contributed by atoms with Gasteiger partial charge in [0.25, 0.3) is 0 Å². The minimum absolute atomic E-state index is 0.0446. The number of hydrogen-bond donors (Lipinski definition) is 1. The molecule has 0 spiro atoms. The monoisotopic (exact) mass is 1110 g/mol. The summed E-state index contributed by atoms with van der Waals surface area (Å²) in [6.45, 7) is 11.1. The molecule has 0 unspecified atom stereocenters. The summed E-state index contributed by atoms with van der Waals surface area (Å²) in [5.74, 6) is -8.30. The Morgan fingerprint density at radius 2 is 1.12 bits per heavy atom. The van der Waals surface area contributed by atoms with E-state index in [2.05, 4.69) is 28.8 Å². The van der Waals surface area contributed by atoms with Crippen molar-refractivity contribution in [2.75, 3.05) is 16.9 Å². The minimum atomic E-state index is -4.89. The van der Waals surface area contributed by atoms with Crippen molar-refractivity contribution < 1.29 is 73.6 Å². The highest BCUT2D eigenvalue weighted by molar-refractivity contribution is 6.17. The number of imidazole rings is 1. The number of benzene rings is 2. The fraction of sp³-hybridized carbons (Fsp3) is 0.463. The fourth-order valence-electron chi connectivity index (χ4n) is 9.31. The van der Waals surface area contributed by atoms with Gasteiger partial charge in [0, 0.05) is 78.9 Å². The van der Waals surface area contributed by atoms with Gasteiger partial charge in [0.1, 0.15) is 11.1 Å². The second-order valence-corrected chi connectivity index (χ2v) is 20.1. The van der Waals surface area contributed by atoms with Crippen molar-refractivity contribution in [1.29, 1.82) is 0 Å². The molecule has 1 N–H and O–H groups in total. The van der Waals surface area contributed by atoms with Crippen LogP contribution < -0.4 is 19.3 Å². The molecule has 0 bridgehead atoms. The number of carboxylic acid groups (broad SMARTS) is 1. The molecule has 2 aromatic carbocycles. The molecule has 0 radical (unpaired) electrons. The topological polar surface area (TPSA) is 166 Å². The maximum Gasteiger partial charge on any atom is 0.421 e. The molecule has 23 heteroatoms. The van der Waals surface area contributed by atoms with Gasteiger partial charge in [-0.2, -0.15) is 26.3 Å². The van der Waals surface area contributed by atoms with Crippen LogP contribution in [0.3, 0.4) is 0 Å². The van der Waals surface area contributed by atoms with Crippen LogP contribution >= 0.6 is 11.6 Å². The van der Waals surface area contributed by atoms with Crippen molar-refractivity contribution in [3.8, 4) is 23.3 Å². The SMILES string of the molecule is CC1CCC(C(=O)N(c2cc(F)c(Oc3ncc(Cn4ccnc4)cc3C(F)(F)F)cc2C(=O)O)C(C)C)CC1.COC(=O)c1cc(Oc2ncc(CCl)cc2C(F)(F)F)c(F)cc1N(C(=O)C1CCC(C)CC1)C(C)C. The van der Waals surface area contributed by atoms with Gasteiger partial charge < -0.3 is 33.7 Å². The number of carboxylic acids is 1. The summed E-state index contributed by atoms with van der Waals surface area (Å²) >= 11 is 5.63. The third-order valence-corrected chi connectivity index (χ3v) is 13.7. The largest absolute Gasteiger partial charge is 0.478 e. The van der Waals surface area contributed by atoms with Crippen LogP contribution in [0.4, 0.5) is 46.5 Å². The predicted molar refractivity (Wildman–Crippen MR) is 268 cm³/mol. The van der Waals surface area contributed by atoms with Gasteiger partial charge in [-0.15, -0.1) is 11.6 Å². The number of rotatable bonds is 15. The van der Waals surface area contributed by atoms with E-state index >= 15 is 8.78 Å². The molecule has 2 amide bonds. The van der Waals surface area contributed by atoms with Crippen LogP contribution in [0.25, 0.3) is 0 Å². The number of ether oxygens (including phenoxy) is 3. The Labute approximate surface area is 444 Å². The Balaban J connectivity index is 0.000000250. The van der Waals surface area contributed by atoms with E-state index in [0.29, 0.717) is 37.5 Å². The van der Waals surface area contributed by atoms with Crippen LogP contribution in [0.15, 0.2) is 67.5 Å². The number of amides is 2. The summed E-state index contributed by atoms with van der Waals surface area (Å²) in [4.78, 5) is 65.7. The maximum atomic E-state index is 15.3. The summed E-state index contributed by atoms with van der Waals surface area (Å²) in [6, 6.07) is 4.10. The van der Waals surface area contributed by atoms with Crippen molar-refractivity contribution in [2.24, 2.45) is 23.7 Å². The van der Waals surface area contributed by atoms with Gasteiger partial charge in [0.2, 0.25) is 23.6 Å². The first-order valence-electron chi connectivity index (χ1n) is 24.9. The summed E-state index contributed by atoms with van der Waals surface area (Å²) in [5.41, 5.74) is -3.15. The zero-order chi connectivity index (χ0) is 56.7. The predicted octanol–water partition coefficient (Wildman–Crippen LogP) is 13.7. The van der Waals surface area contributed by atoms with Crippen molar-refractivity contribution >= 4 is 46.7 Å². The van der Waals surface area contributed by atoms with E-state index < -0.39 is 88.0 Å². The third kappa shape index (κ3) is 14.6. The molecule has 77 heavy (non-hydrogen) atoms. The molecule has 2 aliphatic carbocycles. The molecule has 416 valence electrons. The number of carbonyl (C=O) groups is 4. The van der Waals surface area contributed by atoms with Crippen molar-refractivity contribution in [2.45, 2.75) is 130 Å². The van der Waals surface area contributed by atoms with Crippen LogP contribution in [0.2, 0.25) is 0 Å². The van der Waals surface area contributed by atoms with Gasteiger partial charge in [0.05, 0.1) is 42.5 Å². The van der Waals surface area contributed by atoms with Gasteiger partial charge in [-0.05, 0) is 114 Å². The average Bonchev–Trinajstić information content (AvgIpc) is 3.89. The average molecular weight is 1110 g/mol. The Bertz CT molecular complexity index is 2900. The molecular formula is C54H59ClF8N6O8. The van der Waals surface area contributed by atoms with Gasteiger partial charge >= 0.3 is 24.3 Å². The number of pyridine rings is 2. The van der Waals surface area contributed by atoms with Crippen LogP contribution in [0.5, 0.6) is 23.3 Å². The highest BCUT2D eigenvalue weighted by Crippen LogP contribution is 2.43. The molecule has 2 aliphatic rings. The summed E-state index contributed by atoms with van der Waals surface area (Å²) in [5, 5.41) is 9.93. The summed E-state index contributed by atoms with van der Waals surface area (Å²) in [6.07, 6.45) is 3.04. The minimum Gasteiger partial charge on any atom is -0.478 e. The third-order valence-electron chi connectivity index (χ3n) is 13.4. The molecule has 3 aromatic heterocycles. The first-order valence-corrected chi connectivity index (χ1v) is 25.4. The van der Waals surface area contributed by atoms with Gasteiger partial charge in [-0.1, -0.05) is 13.8 Å². The molecular weight excluding hydrogens is 1050 g/mol. The number of aromatic carboxylic acids is 1. The van der Waals surface area contributed by atoms with Crippen LogP contribution in [0.1, 0.15) is 136 Å². The van der Waals surface area contributed by atoms with Gasteiger partial charge in [0.15, 0.2) is 23.1 Å². The van der Waals surface area contributed by atoms with E-state index in [4.69, 9.17) is 25.8 Å². The van der Waals surface area contributed by atoms with Crippen LogP contribution in [-0.4, -0.2) is 67.6 Å². The summed E-state index contributed by atoms with van der Waals surface area (Å²) < 4.78 is 130. The molecule has 0 saturated heterocycles. The lowest BCUT2D eigenvalue weighted by Gasteiger charge is -2.34. The Morgan fingerprint density at radius 1 is 0.688 bits per heavy atom. The van der Waals surface area contributed by atoms with E-state index in [-0.39, 0.29) is 64.1 Å². The second kappa shape index (κ2) is 25.1. The number of nitrogens with zero attached hydrogens (tertiary/aromatic N) is 6. The molecule has 5 aromatic rings. The Kier molecular flexibility index (Phi) is 19.4. The molecule has 0 atom stereocenters. The van der Waals surface area contributed by atoms with E-state index in [9.17, 15) is 50.6 Å². The van der Waals surface area contributed by atoms with E-state index in [1.54, 1.807) is 38.5 Å². The smallest absolute Gasteiger partial charge is 0.421 e. The lowest BCUT2D eigenvalue weighted by atomic mass is 9.82. The molecule has 3 heterocycles. The number of methoxy groups -OCH3 is 1. The first kappa shape index (κ1) is 59.4. The first-order chi connectivity index (χ1) is 36.2. The molecule has 2 fully saturated rings. The van der Waals surface area contributed by atoms with Crippen LogP contribution in [0, 0.1) is 35.3 Å². The molecule has 2 saturated carbocycles. The fourth-order valence-corrected chi connectivity index (χ4v) is 9.46. The van der Waals surface area contributed by atoms with E-state index in [1.807, 2.05) is 0 Å². The quantitative estimate of drug-likeness (QED) is 0.0602. The number of anilines is 2. The maximum absolute atomic E-state index is 15.3. The van der Waals surface area contributed by atoms with E-state index in [0.717, 1.165) is 81.6 Å². The van der Waals surface area contributed by atoms with Crippen molar-refractivity contribution in [1.82, 2.24) is 19.5 Å². The number of alkyl halides is 7. The van der Waals surface area contributed by atoms with Gasteiger partial charge in [-0.3, -0.25) is 9.59 Å². The molecule has 0 aliphatic heterocycles. The number of carbonyl (C=O) groups excluding carboxylic acids is 3. The highest BCUT2D eigenvalue weighted by Gasteiger charge is 2.40. The molecule has 14 nitrogen and oxygen atoms in total. The number of halogens is 9.